The Balaban J connectivity index is 1.49. The number of hydrogen-bond donors (Lipinski definition) is 1. The van der Waals surface area contributed by atoms with E-state index in [4.69, 9.17) is 26.2 Å². The molecule has 3 heterocycles. The normalized spacial score (nSPS) is 17.5. The summed E-state index contributed by atoms with van der Waals surface area (Å²) in [5.41, 5.74) is 2.33. The highest BCUT2D eigenvalue weighted by Crippen LogP contribution is 2.40. The van der Waals surface area contributed by atoms with E-state index in [1.54, 1.807) is 41.4 Å². The number of pyridine rings is 1. The first-order valence-corrected chi connectivity index (χ1v) is 12.4. The fourth-order valence-corrected chi connectivity index (χ4v) is 5.32. The van der Waals surface area contributed by atoms with E-state index in [-0.39, 0.29) is 23.9 Å². The molecule has 5 rings (SSSR count). The lowest BCUT2D eigenvalue weighted by Gasteiger charge is -2.34. The maximum atomic E-state index is 13.6. The number of anilines is 1. The molecule has 2 aromatic heterocycles. The first-order valence-electron chi connectivity index (χ1n) is 12.0. The van der Waals surface area contributed by atoms with Crippen LogP contribution in [0.4, 0.5) is 5.69 Å². The van der Waals surface area contributed by atoms with E-state index >= 15 is 0 Å². The van der Waals surface area contributed by atoms with Gasteiger partial charge < -0.3 is 19.7 Å². The smallest absolute Gasteiger partial charge is 0.260 e. The van der Waals surface area contributed by atoms with Crippen molar-refractivity contribution in [1.82, 2.24) is 20.1 Å². The van der Waals surface area contributed by atoms with Crippen molar-refractivity contribution in [3.05, 3.63) is 64.6 Å². The zero-order chi connectivity index (χ0) is 25.2. The van der Waals surface area contributed by atoms with Gasteiger partial charge in [0.2, 0.25) is 0 Å². The first-order chi connectivity index (χ1) is 17.5. The summed E-state index contributed by atoms with van der Waals surface area (Å²) in [4.78, 5) is 32.7. The Kier molecular flexibility index (Phi) is 6.82. The van der Waals surface area contributed by atoms with Gasteiger partial charge in [-0.2, -0.15) is 5.10 Å². The molecule has 1 aliphatic heterocycles. The maximum absolute atomic E-state index is 13.6. The van der Waals surface area contributed by atoms with Crippen LogP contribution in [0.25, 0.3) is 0 Å². The Morgan fingerprint density at radius 3 is 2.58 bits per heavy atom. The van der Waals surface area contributed by atoms with E-state index in [0.29, 0.717) is 46.4 Å². The number of carbonyl (C=O) groups excluding carboxylic acids is 2. The van der Waals surface area contributed by atoms with Crippen LogP contribution in [0.3, 0.4) is 0 Å². The fourth-order valence-electron chi connectivity index (χ4n) is 5.10. The second-order valence-electron chi connectivity index (χ2n) is 8.98. The second-order valence-corrected chi connectivity index (χ2v) is 9.39. The number of aromatic nitrogens is 3. The van der Waals surface area contributed by atoms with E-state index in [9.17, 15) is 9.59 Å². The number of methoxy groups -OCH3 is 2. The van der Waals surface area contributed by atoms with E-state index in [1.165, 1.54) is 20.4 Å². The molecule has 2 amide bonds. The van der Waals surface area contributed by atoms with Gasteiger partial charge in [0.15, 0.2) is 5.75 Å². The van der Waals surface area contributed by atoms with Gasteiger partial charge in [0.1, 0.15) is 0 Å². The van der Waals surface area contributed by atoms with Crippen LogP contribution in [0.15, 0.2) is 42.7 Å². The summed E-state index contributed by atoms with van der Waals surface area (Å²) in [6.45, 7) is 0.407. The van der Waals surface area contributed by atoms with Gasteiger partial charge >= 0.3 is 0 Å². The predicted octanol–water partition coefficient (Wildman–Crippen LogP) is 4.59. The Hall–Kier alpha value is -3.59. The molecule has 3 aromatic rings. The predicted molar refractivity (Wildman–Crippen MR) is 135 cm³/mol. The van der Waals surface area contributed by atoms with Crippen molar-refractivity contribution in [3.8, 4) is 11.6 Å². The zero-order valence-corrected chi connectivity index (χ0v) is 21.0. The van der Waals surface area contributed by atoms with Crippen LogP contribution in [-0.2, 0) is 0 Å². The van der Waals surface area contributed by atoms with Crippen LogP contribution in [-0.4, -0.2) is 47.3 Å². The molecule has 1 N–H and O–H groups in total. The van der Waals surface area contributed by atoms with Gasteiger partial charge in [-0.05, 0) is 31.4 Å². The molecule has 36 heavy (non-hydrogen) atoms. The standard InChI is InChI=1S/C26H28ClN5O4/c1-35-22-13-16(14-28-25(22)36-2)26(34)31-12-11-20(30-24(33)18-9-5-6-10-19(18)27)23-21(31)15-29-32(23)17-7-3-4-8-17/h5-6,9-10,13-15,17,20H,3-4,7-8,11-12H2,1-2H3,(H,30,33). The Morgan fingerprint density at radius 2 is 1.86 bits per heavy atom. The highest BCUT2D eigenvalue weighted by Gasteiger charge is 2.36. The van der Waals surface area contributed by atoms with Crippen molar-refractivity contribution in [1.29, 1.82) is 0 Å². The van der Waals surface area contributed by atoms with E-state index in [2.05, 4.69) is 10.3 Å². The lowest BCUT2D eigenvalue weighted by Crippen LogP contribution is -2.42. The van der Waals surface area contributed by atoms with E-state index < -0.39 is 0 Å². The van der Waals surface area contributed by atoms with Crippen molar-refractivity contribution in [2.75, 3.05) is 25.7 Å². The van der Waals surface area contributed by atoms with Gasteiger partial charge in [-0.3, -0.25) is 14.3 Å². The molecule has 1 unspecified atom stereocenters. The highest BCUT2D eigenvalue weighted by atomic mass is 35.5. The summed E-state index contributed by atoms with van der Waals surface area (Å²) < 4.78 is 12.5. The van der Waals surface area contributed by atoms with Crippen LogP contribution >= 0.6 is 11.6 Å². The van der Waals surface area contributed by atoms with Crippen molar-refractivity contribution in [2.45, 2.75) is 44.2 Å². The topological polar surface area (TPSA) is 98.6 Å². The molecule has 1 fully saturated rings. The number of hydrogen-bond acceptors (Lipinski definition) is 6. The zero-order valence-electron chi connectivity index (χ0n) is 20.2. The van der Waals surface area contributed by atoms with E-state index in [0.717, 1.165) is 31.4 Å². The molecule has 1 atom stereocenters. The number of benzene rings is 1. The molecule has 0 spiro atoms. The average Bonchev–Trinajstić information content (AvgIpc) is 3.59. The SMILES string of the molecule is COc1cc(C(=O)N2CCC(NC(=O)c3ccccc3Cl)c3c2cnn3C2CCCC2)cnc1OC. The Morgan fingerprint density at radius 1 is 1.08 bits per heavy atom. The number of rotatable bonds is 6. The lowest BCUT2D eigenvalue weighted by atomic mass is 10.0. The van der Waals surface area contributed by atoms with Gasteiger partial charge in [0.25, 0.3) is 17.7 Å². The molecule has 0 saturated heterocycles. The van der Waals surface area contributed by atoms with Gasteiger partial charge in [0.05, 0.1) is 60.0 Å². The minimum absolute atomic E-state index is 0.216. The Bertz CT molecular complexity index is 1290. The van der Waals surface area contributed by atoms with Gasteiger partial charge in [-0.25, -0.2) is 4.98 Å². The molecule has 9 nitrogen and oxygen atoms in total. The van der Waals surface area contributed by atoms with Crippen molar-refractivity contribution < 1.29 is 19.1 Å². The number of nitrogens with one attached hydrogen (secondary N) is 1. The first kappa shape index (κ1) is 24.1. The number of nitrogens with zero attached hydrogens (tertiary/aromatic N) is 4. The second kappa shape index (κ2) is 10.2. The number of halogens is 1. The van der Waals surface area contributed by atoms with Crippen molar-refractivity contribution in [3.63, 3.8) is 0 Å². The largest absolute Gasteiger partial charge is 0.491 e. The van der Waals surface area contributed by atoms with Gasteiger partial charge in [-0.1, -0.05) is 36.6 Å². The van der Waals surface area contributed by atoms with Crippen LogP contribution < -0.4 is 19.7 Å². The van der Waals surface area contributed by atoms with E-state index in [1.807, 2.05) is 4.68 Å². The molecular formula is C26H28ClN5O4. The van der Waals surface area contributed by atoms with Crippen LogP contribution in [0, 0.1) is 0 Å². The minimum atomic E-state index is -0.306. The third kappa shape index (κ3) is 4.39. The maximum Gasteiger partial charge on any atom is 0.260 e. The van der Waals surface area contributed by atoms with Crippen molar-refractivity contribution >= 4 is 29.1 Å². The summed E-state index contributed by atoms with van der Waals surface area (Å²) in [6.07, 6.45) is 8.06. The van der Waals surface area contributed by atoms with Gasteiger partial charge in [0, 0.05) is 18.8 Å². The highest BCUT2D eigenvalue weighted by molar-refractivity contribution is 6.33. The minimum Gasteiger partial charge on any atom is -0.491 e. The molecule has 0 bridgehead atoms. The van der Waals surface area contributed by atoms with Crippen molar-refractivity contribution in [2.24, 2.45) is 0 Å². The monoisotopic (exact) mass is 509 g/mol. The molecule has 1 aliphatic carbocycles. The molecule has 0 radical (unpaired) electrons. The average molecular weight is 510 g/mol. The molecule has 1 aromatic carbocycles. The molecule has 188 valence electrons. The number of ether oxygens (including phenoxy) is 2. The molecule has 1 saturated carbocycles. The van der Waals surface area contributed by atoms with Crippen LogP contribution in [0.1, 0.15) is 70.6 Å². The third-order valence-corrected chi connectivity index (χ3v) is 7.22. The quantitative estimate of drug-likeness (QED) is 0.522. The fraction of sp³-hybridized carbons (Fsp3) is 0.385. The number of fused-ring (bicyclic) bond motifs is 1. The summed E-state index contributed by atoms with van der Waals surface area (Å²) in [6, 6.07) is 8.54. The molecular weight excluding hydrogens is 482 g/mol. The molecule has 10 heteroatoms. The summed E-state index contributed by atoms with van der Waals surface area (Å²) in [7, 11) is 3.00. The summed E-state index contributed by atoms with van der Waals surface area (Å²) >= 11 is 6.27. The summed E-state index contributed by atoms with van der Waals surface area (Å²) in [5.74, 6) is 0.225. The number of carbonyl (C=O) groups is 2. The van der Waals surface area contributed by atoms with Gasteiger partial charge in [-0.15, -0.1) is 0 Å². The number of amides is 2. The van der Waals surface area contributed by atoms with Crippen LogP contribution in [0.2, 0.25) is 5.02 Å². The third-order valence-electron chi connectivity index (χ3n) is 6.89. The summed E-state index contributed by atoms with van der Waals surface area (Å²) in [5, 5.41) is 8.24. The van der Waals surface area contributed by atoms with Crippen LogP contribution in [0.5, 0.6) is 11.6 Å². The lowest BCUT2D eigenvalue weighted by molar-refractivity contribution is 0.0930. The molecule has 2 aliphatic rings. The Labute approximate surface area is 214 Å².